The van der Waals surface area contributed by atoms with E-state index in [1.165, 1.54) is 37.3 Å². The summed E-state index contributed by atoms with van der Waals surface area (Å²) in [5.41, 5.74) is 0.962. The molecule has 0 aliphatic heterocycles. The third-order valence-electron chi connectivity index (χ3n) is 4.10. The highest BCUT2D eigenvalue weighted by molar-refractivity contribution is 9.10. The zero-order valence-electron chi connectivity index (χ0n) is 10.2. The third-order valence-corrected chi connectivity index (χ3v) is 8.97. The Bertz CT molecular complexity index is 341. The molecule has 0 spiro atoms. The van der Waals surface area contributed by atoms with E-state index in [0.717, 1.165) is 10.1 Å². The van der Waals surface area contributed by atoms with Crippen LogP contribution in [0.1, 0.15) is 32.1 Å². The van der Waals surface area contributed by atoms with Crippen LogP contribution in [0.3, 0.4) is 0 Å². The van der Waals surface area contributed by atoms with Gasteiger partial charge in [0.05, 0.1) is 8.07 Å². The van der Waals surface area contributed by atoms with Gasteiger partial charge in [-0.3, -0.25) is 0 Å². The van der Waals surface area contributed by atoms with E-state index in [-0.39, 0.29) is 0 Å². The molecular formula is C13H20BrNSi. The van der Waals surface area contributed by atoms with E-state index in [9.17, 15) is 0 Å². The van der Waals surface area contributed by atoms with Crippen LogP contribution in [0.5, 0.6) is 0 Å². The molecule has 1 nitrogen and oxygen atoms in total. The molecule has 0 radical (unpaired) electrons. The SMILES string of the molecule is C[Si](C)(c1ccc(Br)nc1)C1CCCCC1. The highest BCUT2D eigenvalue weighted by atomic mass is 79.9. The zero-order chi connectivity index (χ0) is 11.6. The van der Waals surface area contributed by atoms with Gasteiger partial charge in [0.25, 0.3) is 0 Å². The lowest BCUT2D eigenvalue weighted by atomic mass is 10.0. The lowest BCUT2D eigenvalue weighted by Gasteiger charge is -2.35. The van der Waals surface area contributed by atoms with E-state index in [2.05, 4.69) is 52.3 Å². The Morgan fingerprint density at radius 1 is 1.19 bits per heavy atom. The Morgan fingerprint density at radius 2 is 1.88 bits per heavy atom. The average molecular weight is 298 g/mol. The van der Waals surface area contributed by atoms with Crippen molar-refractivity contribution in [3.05, 3.63) is 22.9 Å². The van der Waals surface area contributed by atoms with Gasteiger partial charge >= 0.3 is 0 Å². The topological polar surface area (TPSA) is 12.9 Å². The summed E-state index contributed by atoms with van der Waals surface area (Å²) < 4.78 is 0.949. The average Bonchev–Trinajstić information content (AvgIpc) is 2.31. The molecule has 1 heterocycles. The monoisotopic (exact) mass is 297 g/mol. The molecule has 1 aromatic heterocycles. The second-order valence-corrected chi connectivity index (χ2v) is 11.1. The molecule has 1 aromatic rings. The van der Waals surface area contributed by atoms with Crippen LogP contribution in [0, 0.1) is 0 Å². The lowest BCUT2D eigenvalue weighted by Crippen LogP contribution is -2.46. The Balaban J connectivity index is 2.19. The molecule has 0 saturated heterocycles. The van der Waals surface area contributed by atoms with Crippen LogP contribution in [0.15, 0.2) is 22.9 Å². The molecule has 0 amide bonds. The number of rotatable bonds is 2. The molecule has 2 rings (SSSR count). The minimum Gasteiger partial charge on any atom is -0.249 e. The Morgan fingerprint density at radius 3 is 2.44 bits per heavy atom. The summed E-state index contributed by atoms with van der Waals surface area (Å²) in [6.45, 7) is 5.02. The van der Waals surface area contributed by atoms with Gasteiger partial charge in [-0.1, -0.05) is 51.3 Å². The van der Waals surface area contributed by atoms with Crippen LogP contribution in [0.2, 0.25) is 18.6 Å². The maximum absolute atomic E-state index is 4.39. The fourth-order valence-corrected chi connectivity index (χ4v) is 6.28. The fraction of sp³-hybridized carbons (Fsp3) is 0.615. The maximum atomic E-state index is 4.39. The zero-order valence-corrected chi connectivity index (χ0v) is 12.8. The van der Waals surface area contributed by atoms with Crippen molar-refractivity contribution in [3.8, 4) is 0 Å². The maximum Gasteiger partial charge on any atom is 0.106 e. The van der Waals surface area contributed by atoms with E-state index >= 15 is 0 Å². The highest BCUT2D eigenvalue weighted by Crippen LogP contribution is 2.36. The Hall–Kier alpha value is -0.153. The van der Waals surface area contributed by atoms with Crippen molar-refractivity contribution in [2.75, 3.05) is 0 Å². The molecule has 1 fully saturated rings. The second kappa shape index (κ2) is 5.01. The van der Waals surface area contributed by atoms with Gasteiger partial charge in [0.15, 0.2) is 0 Å². The molecule has 1 saturated carbocycles. The van der Waals surface area contributed by atoms with Gasteiger partial charge in [-0.2, -0.15) is 0 Å². The summed E-state index contributed by atoms with van der Waals surface area (Å²) >= 11 is 3.41. The van der Waals surface area contributed by atoms with Gasteiger partial charge < -0.3 is 0 Å². The molecular weight excluding hydrogens is 278 g/mol. The quantitative estimate of drug-likeness (QED) is 0.592. The largest absolute Gasteiger partial charge is 0.249 e. The van der Waals surface area contributed by atoms with Crippen LogP contribution in [0.25, 0.3) is 0 Å². The number of hydrogen-bond acceptors (Lipinski definition) is 1. The van der Waals surface area contributed by atoms with E-state index in [1.54, 1.807) is 0 Å². The van der Waals surface area contributed by atoms with Crippen LogP contribution in [-0.2, 0) is 0 Å². The summed E-state index contributed by atoms with van der Waals surface area (Å²) in [4.78, 5) is 4.39. The van der Waals surface area contributed by atoms with Gasteiger partial charge in [0.1, 0.15) is 4.60 Å². The van der Waals surface area contributed by atoms with E-state index < -0.39 is 8.07 Å². The second-order valence-electron chi connectivity index (χ2n) is 5.43. The molecule has 0 N–H and O–H groups in total. The van der Waals surface area contributed by atoms with Crippen molar-refractivity contribution in [2.24, 2.45) is 0 Å². The summed E-state index contributed by atoms with van der Waals surface area (Å²) in [5, 5.41) is 1.52. The normalized spacial score (nSPS) is 18.7. The minimum atomic E-state index is -1.28. The van der Waals surface area contributed by atoms with Gasteiger partial charge in [0.2, 0.25) is 0 Å². The summed E-state index contributed by atoms with van der Waals surface area (Å²) in [5.74, 6) is 0. The highest BCUT2D eigenvalue weighted by Gasteiger charge is 2.34. The van der Waals surface area contributed by atoms with Crippen molar-refractivity contribution in [1.82, 2.24) is 4.98 Å². The molecule has 0 bridgehead atoms. The Kier molecular flexibility index (Phi) is 3.85. The van der Waals surface area contributed by atoms with E-state index in [4.69, 9.17) is 0 Å². The number of hydrogen-bond donors (Lipinski definition) is 0. The molecule has 0 aromatic carbocycles. The molecule has 1 aliphatic carbocycles. The fourth-order valence-electron chi connectivity index (χ4n) is 2.82. The lowest BCUT2D eigenvalue weighted by molar-refractivity contribution is 0.494. The molecule has 0 atom stereocenters. The van der Waals surface area contributed by atoms with Gasteiger partial charge in [-0.25, -0.2) is 4.98 Å². The molecule has 16 heavy (non-hydrogen) atoms. The van der Waals surface area contributed by atoms with Crippen LogP contribution in [0.4, 0.5) is 0 Å². The molecule has 3 heteroatoms. The predicted molar refractivity (Wildman–Crippen MR) is 75.9 cm³/mol. The molecule has 0 unspecified atom stereocenters. The van der Waals surface area contributed by atoms with Gasteiger partial charge in [0, 0.05) is 6.20 Å². The van der Waals surface area contributed by atoms with E-state index in [1.807, 2.05) is 0 Å². The third kappa shape index (κ3) is 2.57. The number of nitrogens with zero attached hydrogens (tertiary/aromatic N) is 1. The predicted octanol–water partition coefficient (Wildman–Crippen LogP) is 4.09. The number of halogens is 1. The summed E-state index contributed by atoms with van der Waals surface area (Å²) in [7, 11) is -1.28. The van der Waals surface area contributed by atoms with E-state index in [0.29, 0.717) is 0 Å². The molecule has 88 valence electrons. The standard InChI is InChI=1S/C13H20BrNSi/c1-16(2,11-6-4-3-5-7-11)12-8-9-13(14)15-10-12/h8-11H,3-7H2,1-2H3. The first-order chi connectivity index (χ1) is 7.60. The van der Waals surface area contributed by atoms with Crippen molar-refractivity contribution < 1.29 is 0 Å². The summed E-state index contributed by atoms with van der Waals surface area (Å²) in [6.07, 6.45) is 9.28. The van der Waals surface area contributed by atoms with Crippen LogP contribution in [-0.4, -0.2) is 13.1 Å². The van der Waals surface area contributed by atoms with Crippen molar-refractivity contribution in [3.63, 3.8) is 0 Å². The van der Waals surface area contributed by atoms with Crippen molar-refractivity contribution in [2.45, 2.75) is 50.7 Å². The first-order valence-corrected chi connectivity index (χ1v) is 10.1. The number of pyridine rings is 1. The van der Waals surface area contributed by atoms with Gasteiger partial charge in [-0.15, -0.1) is 0 Å². The first kappa shape index (κ1) is 12.3. The Labute approximate surface area is 108 Å². The van der Waals surface area contributed by atoms with Gasteiger partial charge in [-0.05, 0) is 32.7 Å². The van der Waals surface area contributed by atoms with Crippen LogP contribution >= 0.6 is 15.9 Å². The first-order valence-electron chi connectivity index (χ1n) is 6.23. The minimum absolute atomic E-state index is 0.949. The summed E-state index contributed by atoms with van der Waals surface area (Å²) in [6, 6.07) is 4.37. The van der Waals surface area contributed by atoms with Crippen molar-refractivity contribution >= 4 is 29.2 Å². The number of aromatic nitrogens is 1. The molecule has 1 aliphatic rings. The smallest absolute Gasteiger partial charge is 0.106 e. The van der Waals surface area contributed by atoms with Crippen molar-refractivity contribution in [1.29, 1.82) is 0 Å². The van der Waals surface area contributed by atoms with Crippen LogP contribution < -0.4 is 5.19 Å².